The van der Waals surface area contributed by atoms with Gasteiger partial charge in [0.2, 0.25) is 0 Å². The highest BCUT2D eigenvalue weighted by Gasteiger charge is 2.36. The van der Waals surface area contributed by atoms with Crippen LogP contribution < -0.4 is 0 Å². The summed E-state index contributed by atoms with van der Waals surface area (Å²) >= 11 is 0. The lowest BCUT2D eigenvalue weighted by atomic mass is 10.1. The largest absolute Gasteiger partial charge is 0.479 e. The van der Waals surface area contributed by atoms with E-state index in [1.54, 1.807) is 13.0 Å². The van der Waals surface area contributed by atoms with Gasteiger partial charge < -0.3 is 9.84 Å². The Bertz CT molecular complexity index is 786. The molecule has 1 aliphatic heterocycles. The van der Waals surface area contributed by atoms with Gasteiger partial charge in [0, 0.05) is 0 Å². The Labute approximate surface area is 146 Å². The Morgan fingerprint density at radius 1 is 1.08 bits per heavy atom. The molecule has 0 bridgehead atoms. The molecule has 2 unspecified atom stereocenters. The molecule has 2 aromatic carbocycles. The molecule has 1 heterocycles. The number of hydrogen-bond donors (Lipinski definition) is 1. The van der Waals surface area contributed by atoms with Crippen LogP contribution in [-0.2, 0) is 9.53 Å². The van der Waals surface area contributed by atoms with E-state index in [1.807, 2.05) is 60.7 Å². The first-order valence-electron chi connectivity index (χ1n) is 8.07. The molecule has 1 N–H and O–H groups in total. The van der Waals surface area contributed by atoms with Gasteiger partial charge in [0.15, 0.2) is 6.04 Å². The summed E-state index contributed by atoms with van der Waals surface area (Å²) in [4.78, 5) is 25.3. The Morgan fingerprint density at radius 2 is 1.68 bits per heavy atom. The standard InChI is InChI=1S/C20H19NO4/c1-14(15-8-4-2-5-9-15)25-20(24)21-13-17(12-18(21)19(22)23)16-10-6-3-7-11-16/h2-12,14,18H,13H2,1H3,(H,22,23). The fraction of sp³-hybridized carbons (Fsp3) is 0.200. The van der Waals surface area contributed by atoms with Crippen molar-refractivity contribution in [1.82, 2.24) is 4.90 Å². The molecule has 0 fully saturated rings. The topological polar surface area (TPSA) is 66.8 Å². The van der Waals surface area contributed by atoms with Crippen molar-refractivity contribution in [3.8, 4) is 0 Å². The molecule has 2 aromatic rings. The van der Waals surface area contributed by atoms with Gasteiger partial charge in [-0.1, -0.05) is 60.7 Å². The first-order valence-corrected chi connectivity index (χ1v) is 8.07. The van der Waals surface area contributed by atoms with E-state index in [2.05, 4.69) is 0 Å². The van der Waals surface area contributed by atoms with Crippen LogP contribution in [0.15, 0.2) is 66.7 Å². The summed E-state index contributed by atoms with van der Waals surface area (Å²) in [5, 5.41) is 9.45. The zero-order valence-electron chi connectivity index (χ0n) is 13.8. The number of benzene rings is 2. The molecule has 0 saturated heterocycles. The minimum absolute atomic E-state index is 0.210. The molecule has 0 saturated carbocycles. The van der Waals surface area contributed by atoms with E-state index in [0.717, 1.165) is 16.7 Å². The minimum atomic E-state index is -1.07. The second kappa shape index (κ2) is 7.21. The summed E-state index contributed by atoms with van der Waals surface area (Å²) < 4.78 is 5.48. The van der Waals surface area contributed by atoms with Gasteiger partial charge in [-0.05, 0) is 29.7 Å². The van der Waals surface area contributed by atoms with E-state index in [1.165, 1.54) is 4.90 Å². The van der Waals surface area contributed by atoms with Crippen molar-refractivity contribution in [1.29, 1.82) is 0 Å². The molecule has 128 valence electrons. The number of nitrogens with zero attached hydrogens (tertiary/aromatic N) is 1. The van der Waals surface area contributed by atoms with Gasteiger partial charge in [-0.3, -0.25) is 4.90 Å². The van der Waals surface area contributed by atoms with Crippen LogP contribution in [0.25, 0.3) is 5.57 Å². The molecule has 0 spiro atoms. The van der Waals surface area contributed by atoms with Gasteiger partial charge in [0.05, 0.1) is 6.54 Å². The normalized spacial score (nSPS) is 17.7. The maximum atomic E-state index is 12.5. The highest BCUT2D eigenvalue weighted by molar-refractivity contribution is 5.89. The number of carbonyl (C=O) groups is 2. The third kappa shape index (κ3) is 3.71. The Balaban J connectivity index is 1.75. The smallest absolute Gasteiger partial charge is 0.411 e. The molecule has 2 atom stereocenters. The van der Waals surface area contributed by atoms with Gasteiger partial charge >= 0.3 is 12.1 Å². The molecule has 5 nitrogen and oxygen atoms in total. The van der Waals surface area contributed by atoms with Crippen molar-refractivity contribution < 1.29 is 19.4 Å². The number of rotatable bonds is 4. The highest BCUT2D eigenvalue weighted by atomic mass is 16.6. The quantitative estimate of drug-likeness (QED) is 0.923. The van der Waals surface area contributed by atoms with Crippen molar-refractivity contribution in [2.45, 2.75) is 19.1 Å². The monoisotopic (exact) mass is 337 g/mol. The number of ether oxygens (including phenoxy) is 1. The van der Waals surface area contributed by atoms with Crippen LogP contribution in [0.2, 0.25) is 0 Å². The SMILES string of the molecule is CC(OC(=O)N1CC(c2ccccc2)=CC1C(=O)O)c1ccccc1. The molecule has 25 heavy (non-hydrogen) atoms. The van der Waals surface area contributed by atoms with E-state index in [0.29, 0.717) is 0 Å². The molecule has 0 aromatic heterocycles. The lowest BCUT2D eigenvalue weighted by Gasteiger charge is -2.23. The second-order valence-corrected chi connectivity index (χ2v) is 5.91. The number of carboxylic acids is 1. The summed E-state index contributed by atoms with van der Waals surface area (Å²) in [6, 6.07) is 17.8. The summed E-state index contributed by atoms with van der Waals surface area (Å²) in [6.45, 7) is 1.98. The fourth-order valence-corrected chi connectivity index (χ4v) is 2.85. The van der Waals surface area contributed by atoms with Gasteiger partial charge in [0.1, 0.15) is 6.10 Å². The maximum absolute atomic E-state index is 12.5. The molecular weight excluding hydrogens is 318 g/mol. The Morgan fingerprint density at radius 3 is 2.28 bits per heavy atom. The zero-order chi connectivity index (χ0) is 17.8. The first kappa shape index (κ1) is 16.8. The lowest BCUT2D eigenvalue weighted by Crippen LogP contribution is -2.41. The predicted octanol–water partition coefficient (Wildman–Crippen LogP) is 3.74. The molecule has 0 radical (unpaired) electrons. The number of carbonyl (C=O) groups excluding carboxylic acids is 1. The fourth-order valence-electron chi connectivity index (χ4n) is 2.85. The van der Waals surface area contributed by atoms with Crippen molar-refractivity contribution in [3.63, 3.8) is 0 Å². The molecule has 5 heteroatoms. The summed E-state index contributed by atoms with van der Waals surface area (Å²) in [6.07, 6.45) is 0.515. The minimum Gasteiger partial charge on any atom is -0.479 e. The van der Waals surface area contributed by atoms with Gasteiger partial charge in [0.25, 0.3) is 0 Å². The van der Waals surface area contributed by atoms with E-state index in [-0.39, 0.29) is 6.54 Å². The van der Waals surface area contributed by atoms with Crippen LogP contribution in [-0.4, -0.2) is 34.7 Å². The van der Waals surface area contributed by atoms with E-state index in [9.17, 15) is 14.7 Å². The molecule has 0 aliphatic carbocycles. The lowest BCUT2D eigenvalue weighted by molar-refractivity contribution is -0.140. The Hall–Kier alpha value is -3.08. The summed E-state index contributed by atoms with van der Waals surface area (Å²) in [5.74, 6) is -1.07. The average molecular weight is 337 g/mol. The highest BCUT2D eigenvalue weighted by Crippen LogP contribution is 2.27. The van der Waals surface area contributed by atoms with E-state index >= 15 is 0 Å². The number of carboxylic acid groups (broad SMARTS) is 1. The van der Waals surface area contributed by atoms with Gasteiger partial charge in [-0.2, -0.15) is 0 Å². The summed E-state index contributed by atoms with van der Waals surface area (Å²) in [5.41, 5.74) is 2.57. The zero-order valence-corrected chi connectivity index (χ0v) is 13.8. The van der Waals surface area contributed by atoms with E-state index < -0.39 is 24.2 Å². The maximum Gasteiger partial charge on any atom is 0.411 e. The molecule has 1 aliphatic rings. The average Bonchev–Trinajstić information content (AvgIpc) is 3.09. The van der Waals surface area contributed by atoms with Gasteiger partial charge in [-0.25, -0.2) is 9.59 Å². The van der Waals surface area contributed by atoms with Crippen molar-refractivity contribution in [2.24, 2.45) is 0 Å². The molecular formula is C20H19NO4. The molecule has 3 rings (SSSR count). The van der Waals surface area contributed by atoms with Crippen LogP contribution in [0.3, 0.4) is 0 Å². The van der Waals surface area contributed by atoms with Crippen LogP contribution in [0.4, 0.5) is 4.79 Å². The van der Waals surface area contributed by atoms with E-state index in [4.69, 9.17) is 4.74 Å². The second-order valence-electron chi connectivity index (χ2n) is 5.91. The third-order valence-electron chi connectivity index (χ3n) is 4.21. The Kier molecular flexibility index (Phi) is 4.84. The van der Waals surface area contributed by atoms with Crippen molar-refractivity contribution in [3.05, 3.63) is 77.9 Å². The van der Waals surface area contributed by atoms with Crippen molar-refractivity contribution >= 4 is 17.6 Å². The molecule has 1 amide bonds. The van der Waals surface area contributed by atoms with Crippen molar-refractivity contribution in [2.75, 3.05) is 6.54 Å². The third-order valence-corrected chi connectivity index (χ3v) is 4.21. The van der Waals surface area contributed by atoms with Crippen LogP contribution in [0.1, 0.15) is 24.2 Å². The van der Waals surface area contributed by atoms with Crippen LogP contribution >= 0.6 is 0 Å². The number of hydrogen-bond acceptors (Lipinski definition) is 3. The van der Waals surface area contributed by atoms with Crippen LogP contribution in [0, 0.1) is 0 Å². The van der Waals surface area contributed by atoms with Crippen LogP contribution in [0.5, 0.6) is 0 Å². The first-order chi connectivity index (χ1) is 12.1. The number of amides is 1. The predicted molar refractivity (Wildman–Crippen MR) is 93.9 cm³/mol. The summed E-state index contributed by atoms with van der Waals surface area (Å²) in [7, 11) is 0. The van der Waals surface area contributed by atoms with Gasteiger partial charge in [-0.15, -0.1) is 0 Å². The number of aliphatic carboxylic acids is 1.